The number of allylic oxidation sites excluding steroid dienone is 2. The Bertz CT molecular complexity index is 1930. The quantitative estimate of drug-likeness (QED) is 0.0748. The van der Waals surface area contributed by atoms with Gasteiger partial charge in [-0.05, 0) is 43.2 Å². The summed E-state index contributed by atoms with van der Waals surface area (Å²) in [6.45, 7) is 8.73. The van der Waals surface area contributed by atoms with Crippen molar-refractivity contribution in [2.75, 3.05) is 13.2 Å². The summed E-state index contributed by atoms with van der Waals surface area (Å²) in [5.41, 5.74) is 7.61. The maximum Gasteiger partial charge on any atom is 0.408 e. The lowest BCUT2D eigenvalue weighted by Gasteiger charge is -2.30. The number of benzene rings is 6. The van der Waals surface area contributed by atoms with E-state index in [1.54, 1.807) is 0 Å². The molecular formula is C48H44O2Si3. The molecule has 2 nitrogen and oxygen atoms in total. The van der Waals surface area contributed by atoms with Gasteiger partial charge in [0, 0.05) is 0 Å². The van der Waals surface area contributed by atoms with Crippen LogP contribution in [0, 0.1) is 22.9 Å². The van der Waals surface area contributed by atoms with Gasteiger partial charge in [0.05, 0.1) is 13.2 Å². The van der Waals surface area contributed by atoms with Gasteiger partial charge in [0.2, 0.25) is 16.1 Å². The van der Waals surface area contributed by atoms with Gasteiger partial charge in [-0.15, -0.1) is 24.2 Å². The highest BCUT2D eigenvalue weighted by molar-refractivity contribution is 7.09. The maximum atomic E-state index is 7.06. The molecule has 0 heterocycles. The van der Waals surface area contributed by atoms with E-state index in [1.807, 2.05) is 48.6 Å². The van der Waals surface area contributed by atoms with Crippen LogP contribution in [0.5, 0.6) is 0 Å². The molecule has 0 amide bonds. The normalized spacial score (nSPS) is 11.3. The second-order valence-electron chi connectivity index (χ2n) is 12.8. The minimum Gasteiger partial charge on any atom is -0.376 e. The fraction of sp³-hybridized carbons (Fsp3) is 0.0833. The molecular weight excluding hydrogens is 693 g/mol. The largest absolute Gasteiger partial charge is 0.408 e. The zero-order valence-electron chi connectivity index (χ0n) is 30.0. The van der Waals surface area contributed by atoms with Crippen LogP contribution < -0.4 is 31.1 Å². The van der Waals surface area contributed by atoms with Crippen molar-refractivity contribution in [2.24, 2.45) is 0 Å². The van der Waals surface area contributed by atoms with Crippen molar-refractivity contribution in [3.05, 3.63) is 207 Å². The lowest BCUT2D eigenvalue weighted by molar-refractivity contribution is 0.233. The molecule has 0 spiro atoms. The van der Waals surface area contributed by atoms with E-state index in [0.29, 0.717) is 0 Å². The molecule has 0 radical (unpaired) electrons. The summed E-state index contributed by atoms with van der Waals surface area (Å²) < 4.78 is 14.1. The second kappa shape index (κ2) is 18.3. The molecule has 260 valence electrons. The van der Waals surface area contributed by atoms with Crippen molar-refractivity contribution < 1.29 is 8.85 Å². The molecule has 0 N–H and O–H groups in total. The van der Waals surface area contributed by atoms with Crippen LogP contribution in [0.1, 0.15) is 0 Å². The Kier molecular flexibility index (Phi) is 12.9. The maximum absolute atomic E-state index is 7.06. The summed E-state index contributed by atoms with van der Waals surface area (Å²) in [5, 5.41) is 7.03. The molecule has 0 aliphatic heterocycles. The molecule has 0 aromatic heterocycles. The summed E-state index contributed by atoms with van der Waals surface area (Å²) in [4.78, 5) is 0. The van der Waals surface area contributed by atoms with E-state index in [0.717, 1.165) is 22.5 Å². The van der Waals surface area contributed by atoms with Gasteiger partial charge in [0.1, 0.15) is 0 Å². The van der Waals surface area contributed by atoms with Crippen LogP contribution in [0.4, 0.5) is 0 Å². The topological polar surface area (TPSA) is 18.5 Å². The van der Waals surface area contributed by atoms with Gasteiger partial charge < -0.3 is 8.85 Å². The average molecular weight is 737 g/mol. The van der Waals surface area contributed by atoms with Gasteiger partial charge in [0.25, 0.3) is 0 Å². The van der Waals surface area contributed by atoms with E-state index in [9.17, 15) is 0 Å². The zero-order valence-corrected chi connectivity index (χ0v) is 33.0. The minimum atomic E-state index is -3.31. The first-order valence-corrected chi connectivity index (χ1v) is 24.2. The van der Waals surface area contributed by atoms with Crippen LogP contribution in [-0.2, 0) is 8.85 Å². The van der Waals surface area contributed by atoms with E-state index in [2.05, 4.69) is 182 Å². The molecule has 5 heteroatoms. The predicted molar refractivity (Wildman–Crippen MR) is 231 cm³/mol. The third kappa shape index (κ3) is 8.43. The first kappa shape index (κ1) is 37.3. The number of hydrogen-bond acceptors (Lipinski definition) is 2. The van der Waals surface area contributed by atoms with Gasteiger partial charge in [-0.25, -0.2) is 0 Å². The van der Waals surface area contributed by atoms with E-state index in [-0.39, 0.29) is 13.2 Å². The van der Waals surface area contributed by atoms with Gasteiger partial charge in [-0.3, -0.25) is 0 Å². The van der Waals surface area contributed by atoms with Crippen molar-refractivity contribution in [1.82, 2.24) is 0 Å². The van der Waals surface area contributed by atoms with E-state index in [4.69, 9.17) is 8.85 Å². The highest BCUT2D eigenvalue weighted by atomic mass is 28.4. The molecule has 0 atom stereocenters. The molecule has 6 aromatic carbocycles. The number of hydrogen-bond donors (Lipinski definition) is 0. The lowest BCUT2D eigenvalue weighted by atomic mass is 10.4. The van der Waals surface area contributed by atoms with Crippen LogP contribution in [0.2, 0.25) is 12.1 Å². The van der Waals surface area contributed by atoms with Crippen molar-refractivity contribution in [3.8, 4) is 22.9 Å². The second-order valence-corrected chi connectivity index (χ2v) is 23.0. The van der Waals surface area contributed by atoms with Gasteiger partial charge in [0.15, 0.2) is 0 Å². The Labute approximate surface area is 318 Å². The number of rotatable bonds is 14. The first-order chi connectivity index (χ1) is 26.2. The summed E-state index contributed by atoms with van der Waals surface area (Å²) in [5.74, 6) is 7.07. The van der Waals surface area contributed by atoms with E-state index in [1.165, 1.54) is 20.7 Å². The third-order valence-corrected chi connectivity index (χ3v) is 21.1. The Balaban J connectivity index is 1.40. The molecule has 0 saturated heterocycles. The monoisotopic (exact) mass is 736 g/mol. The van der Waals surface area contributed by atoms with Crippen LogP contribution in [-0.4, -0.2) is 37.9 Å². The smallest absolute Gasteiger partial charge is 0.376 e. The first-order valence-electron chi connectivity index (χ1n) is 18.0. The van der Waals surface area contributed by atoms with Crippen LogP contribution >= 0.6 is 0 Å². The zero-order chi connectivity index (χ0) is 36.7. The van der Waals surface area contributed by atoms with Crippen molar-refractivity contribution >= 4 is 55.8 Å². The summed E-state index contributed by atoms with van der Waals surface area (Å²) in [6, 6.07) is 64.9. The minimum absolute atomic E-state index is 0.207. The fourth-order valence-corrected chi connectivity index (χ4v) is 17.0. The molecule has 0 aliphatic carbocycles. The highest BCUT2D eigenvalue weighted by Gasteiger charge is 2.43. The lowest BCUT2D eigenvalue weighted by Crippen LogP contribution is -2.63. The Morgan fingerprint density at radius 2 is 0.623 bits per heavy atom. The molecule has 0 saturated carbocycles. The van der Waals surface area contributed by atoms with Crippen LogP contribution in [0.25, 0.3) is 0 Å². The molecule has 53 heavy (non-hydrogen) atoms. The van der Waals surface area contributed by atoms with E-state index < -0.39 is 24.7 Å². The summed E-state index contributed by atoms with van der Waals surface area (Å²) >= 11 is 0. The van der Waals surface area contributed by atoms with Crippen LogP contribution in [0.3, 0.4) is 0 Å². The summed E-state index contributed by atoms with van der Waals surface area (Å²) in [7, 11) is -8.38. The SMILES string of the molecule is C=CC[Si](C#CCO[Si](OCC#C[Si](CC=C)(c1ccccc1)c1ccccc1)(c1ccccc1)c1ccccc1)(c1ccccc1)c1ccccc1. The van der Waals surface area contributed by atoms with Crippen molar-refractivity contribution in [3.63, 3.8) is 0 Å². The molecule has 0 unspecified atom stereocenters. The van der Waals surface area contributed by atoms with E-state index >= 15 is 0 Å². The Hall–Kier alpha value is -5.51. The molecule has 0 fully saturated rings. The Morgan fingerprint density at radius 1 is 0.377 bits per heavy atom. The van der Waals surface area contributed by atoms with Crippen LogP contribution in [0.15, 0.2) is 207 Å². The molecule has 0 aliphatic rings. The average Bonchev–Trinajstić information content (AvgIpc) is 3.24. The predicted octanol–water partition coefficient (Wildman–Crippen LogP) is 6.26. The molecule has 6 rings (SSSR count). The molecule has 0 bridgehead atoms. The fourth-order valence-electron chi connectivity index (χ4n) is 7.03. The highest BCUT2D eigenvalue weighted by Crippen LogP contribution is 2.15. The van der Waals surface area contributed by atoms with Gasteiger partial charge >= 0.3 is 8.56 Å². The van der Waals surface area contributed by atoms with Crippen molar-refractivity contribution in [1.29, 1.82) is 0 Å². The third-order valence-electron chi connectivity index (χ3n) is 9.57. The van der Waals surface area contributed by atoms with Gasteiger partial charge in [-0.2, -0.15) is 0 Å². The van der Waals surface area contributed by atoms with Crippen molar-refractivity contribution in [2.45, 2.75) is 12.1 Å². The van der Waals surface area contributed by atoms with Gasteiger partial charge in [-0.1, -0.05) is 206 Å². The standard InChI is InChI=1S/C48H44O2Si3/c1-3-39-51(43-25-11-5-12-26-43,44-27-13-6-14-28-44)41-23-37-49-53(47-33-19-9-20-34-47,48-35-21-10-22-36-48)50-38-24-42-52(40-4-2,45-29-15-7-16-30-45)46-31-17-8-18-32-46/h3-22,25-36H,1-2,37-40H2. The molecule has 6 aromatic rings. The Morgan fingerprint density at radius 3 is 0.868 bits per heavy atom. The summed E-state index contributed by atoms with van der Waals surface area (Å²) in [6.07, 6.45) is 4.02.